The summed E-state index contributed by atoms with van der Waals surface area (Å²) in [6.45, 7) is 0.506. The number of rotatable bonds is 4. The van der Waals surface area contributed by atoms with Crippen molar-refractivity contribution >= 4 is 21.8 Å². The maximum atomic E-state index is 12.4. The molecule has 0 saturated carbocycles. The average Bonchev–Trinajstić information content (AvgIpc) is 2.77. The van der Waals surface area contributed by atoms with Gasteiger partial charge in [0.15, 0.2) is 0 Å². The Kier molecular flexibility index (Phi) is 4.49. The maximum Gasteiger partial charge on any atom is 0.270 e. The van der Waals surface area contributed by atoms with E-state index in [2.05, 4.69) is 15.9 Å². The van der Waals surface area contributed by atoms with Gasteiger partial charge < -0.3 is 14.2 Å². The van der Waals surface area contributed by atoms with Gasteiger partial charge in [-0.25, -0.2) is 0 Å². The molecule has 2 rings (SSSR count). The lowest BCUT2D eigenvalue weighted by Crippen LogP contribution is -2.27. The van der Waals surface area contributed by atoms with Crippen molar-refractivity contribution < 1.29 is 9.53 Å². The molecule has 0 aliphatic rings. The molecule has 0 bridgehead atoms. The van der Waals surface area contributed by atoms with E-state index in [1.165, 1.54) is 0 Å². The first-order valence-electron chi connectivity index (χ1n) is 6.22. The molecule has 1 heterocycles. The third-order valence-corrected chi connectivity index (χ3v) is 3.57. The van der Waals surface area contributed by atoms with E-state index in [9.17, 15) is 4.79 Å². The summed E-state index contributed by atoms with van der Waals surface area (Å²) in [6, 6.07) is 9.53. The molecule has 0 radical (unpaired) electrons. The lowest BCUT2D eigenvalue weighted by molar-refractivity contribution is 0.0775. The zero-order valence-corrected chi connectivity index (χ0v) is 13.3. The summed E-state index contributed by atoms with van der Waals surface area (Å²) in [6.07, 6.45) is 1.87. The minimum absolute atomic E-state index is 0.0240. The van der Waals surface area contributed by atoms with Crippen molar-refractivity contribution in [1.29, 1.82) is 0 Å². The summed E-state index contributed by atoms with van der Waals surface area (Å²) in [7, 11) is 5.28. The molecule has 0 aliphatic carbocycles. The second-order valence-corrected chi connectivity index (χ2v) is 5.54. The predicted molar refractivity (Wildman–Crippen MR) is 81.9 cm³/mol. The number of aryl methyl sites for hydroxylation is 1. The van der Waals surface area contributed by atoms with Gasteiger partial charge in [0, 0.05) is 36.9 Å². The fourth-order valence-electron chi connectivity index (χ4n) is 2.09. The number of benzene rings is 1. The minimum Gasteiger partial charge on any atom is -0.496 e. The molecular formula is C15H17BrN2O2. The van der Waals surface area contributed by atoms with Gasteiger partial charge in [0.05, 0.1) is 7.11 Å². The molecular weight excluding hydrogens is 320 g/mol. The minimum atomic E-state index is -0.0240. The first-order chi connectivity index (χ1) is 9.52. The van der Waals surface area contributed by atoms with Crippen molar-refractivity contribution in [3.8, 4) is 5.75 Å². The highest BCUT2D eigenvalue weighted by Crippen LogP contribution is 2.20. The molecule has 5 heteroatoms. The summed E-state index contributed by atoms with van der Waals surface area (Å²) in [5, 5.41) is 0. The second-order valence-electron chi connectivity index (χ2n) is 4.63. The zero-order chi connectivity index (χ0) is 14.7. The Balaban J connectivity index is 2.17. The molecule has 0 atom stereocenters. The molecule has 0 saturated heterocycles. The quantitative estimate of drug-likeness (QED) is 0.859. The van der Waals surface area contributed by atoms with Crippen LogP contribution in [0.15, 0.2) is 41.0 Å². The molecule has 106 valence electrons. The third-order valence-electron chi connectivity index (χ3n) is 3.14. The van der Waals surface area contributed by atoms with E-state index < -0.39 is 0 Å². The molecule has 0 unspecified atom stereocenters. The molecule has 0 aliphatic heterocycles. The maximum absolute atomic E-state index is 12.4. The van der Waals surface area contributed by atoms with Gasteiger partial charge in [0.1, 0.15) is 11.4 Å². The number of aromatic nitrogens is 1. The van der Waals surface area contributed by atoms with E-state index in [0.29, 0.717) is 12.2 Å². The molecule has 0 spiro atoms. The van der Waals surface area contributed by atoms with Gasteiger partial charge in [-0.3, -0.25) is 4.79 Å². The Bertz CT molecular complexity index is 622. The smallest absolute Gasteiger partial charge is 0.270 e. The van der Waals surface area contributed by atoms with Crippen molar-refractivity contribution in [2.45, 2.75) is 6.54 Å². The molecule has 1 aromatic heterocycles. The molecule has 1 aromatic carbocycles. The van der Waals surface area contributed by atoms with Crippen molar-refractivity contribution in [2.75, 3.05) is 14.2 Å². The normalized spacial score (nSPS) is 10.4. The highest BCUT2D eigenvalue weighted by molar-refractivity contribution is 9.10. The topological polar surface area (TPSA) is 34.5 Å². The van der Waals surface area contributed by atoms with Crippen LogP contribution in [0.1, 0.15) is 16.1 Å². The van der Waals surface area contributed by atoms with E-state index >= 15 is 0 Å². The number of methoxy groups -OCH3 is 1. The SMILES string of the molecule is COc1ccccc1CN(C)C(=O)c1cc(Br)cn1C. The number of hydrogen-bond acceptors (Lipinski definition) is 2. The fraction of sp³-hybridized carbons (Fsp3) is 0.267. The van der Waals surface area contributed by atoms with Crippen molar-refractivity contribution in [3.63, 3.8) is 0 Å². The number of carbonyl (C=O) groups excluding carboxylic acids is 1. The highest BCUT2D eigenvalue weighted by atomic mass is 79.9. The van der Waals surface area contributed by atoms with Gasteiger partial charge in [0.25, 0.3) is 5.91 Å². The van der Waals surface area contributed by atoms with Crippen LogP contribution in [0.4, 0.5) is 0 Å². The van der Waals surface area contributed by atoms with Crippen molar-refractivity contribution in [2.24, 2.45) is 7.05 Å². The molecule has 1 amide bonds. The first-order valence-corrected chi connectivity index (χ1v) is 7.01. The van der Waals surface area contributed by atoms with Gasteiger partial charge in [-0.2, -0.15) is 0 Å². The van der Waals surface area contributed by atoms with Crippen LogP contribution in [0.3, 0.4) is 0 Å². The Labute approximate surface area is 127 Å². The van der Waals surface area contributed by atoms with Crippen LogP contribution in [-0.2, 0) is 13.6 Å². The summed E-state index contributed by atoms with van der Waals surface area (Å²) in [4.78, 5) is 14.1. The van der Waals surface area contributed by atoms with Crippen molar-refractivity contribution in [3.05, 3.63) is 52.3 Å². The van der Waals surface area contributed by atoms with Gasteiger partial charge >= 0.3 is 0 Å². The largest absolute Gasteiger partial charge is 0.496 e. The molecule has 2 aromatic rings. The lowest BCUT2D eigenvalue weighted by Gasteiger charge is -2.19. The molecule has 0 N–H and O–H groups in total. The first kappa shape index (κ1) is 14.7. The zero-order valence-electron chi connectivity index (χ0n) is 11.8. The summed E-state index contributed by atoms with van der Waals surface area (Å²) in [5.41, 5.74) is 1.63. The third kappa shape index (κ3) is 3.04. The highest BCUT2D eigenvalue weighted by Gasteiger charge is 2.17. The van der Waals surface area contributed by atoms with E-state index in [1.807, 2.05) is 48.1 Å². The van der Waals surface area contributed by atoms with E-state index in [4.69, 9.17) is 4.74 Å². The summed E-state index contributed by atoms with van der Waals surface area (Å²) >= 11 is 3.38. The Morgan fingerprint density at radius 1 is 1.40 bits per heavy atom. The molecule has 20 heavy (non-hydrogen) atoms. The number of ether oxygens (including phenoxy) is 1. The van der Waals surface area contributed by atoms with Gasteiger partial charge in [-0.1, -0.05) is 18.2 Å². The summed E-state index contributed by atoms with van der Waals surface area (Å²) in [5.74, 6) is 0.768. The average molecular weight is 337 g/mol. The monoisotopic (exact) mass is 336 g/mol. The van der Waals surface area contributed by atoms with Crippen LogP contribution in [-0.4, -0.2) is 29.5 Å². The number of carbonyl (C=O) groups is 1. The second kappa shape index (κ2) is 6.13. The van der Waals surface area contributed by atoms with E-state index in [0.717, 1.165) is 15.8 Å². The van der Waals surface area contributed by atoms with Crippen LogP contribution < -0.4 is 4.74 Å². The fourth-order valence-corrected chi connectivity index (χ4v) is 2.62. The number of para-hydroxylation sites is 1. The molecule has 4 nitrogen and oxygen atoms in total. The number of hydrogen-bond donors (Lipinski definition) is 0. The van der Waals surface area contributed by atoms with Gasteiger partial charge in [-0.05, 0) is 28.1 Å². The summed E-state index contributed by atoms with van der Waals surface area (Å²) < 4.78 is 8.02. The van der Waals surface area contributed by atoms with Gasteiger partial charge in [0.2, 0.25) is 0 Å². The van der Waals surface area contributed by atoms with Crippen LogP contribution in [0, 0.1) is 0 Å². The van der Waals surface area contributed by atoms with Crippen LogP contribution in [0.5, 0.6) is 5.75 Å². The molecule has 0 fully saturated rings. The lowest BCUT2D eigenvalue weighted by atomic mass is 10.2. The standard InChI is InChI=1S/C15H17BrN2O2/c1-17-10-12(16)8-13(17)15(19)18(2)9-11-6-4-5-7-14(11)20-3/h4-8,10H,9H2,1-3H3. The van der Waals surface area contributed by atoms with Crippen LogP contribution in [0.2, 0.25) is 0 Å². The van der Waals surface area contributed by atoms with E-state index in [1.54, 1.807) is 19.1 Å². The predicted octanol–water partition coefficient (Wildman–Crippen LogP) is 3.07. The Morgan fingerprint density at radius 2 is 2.10 bits per heavy atom. The Hall–Kier alpha value is -1.75. The van der Waals surface area contributed by atoms with Gasteiger partial charge in [-0.15, -0.1) is 0 Å². The van der Waals surface area contributed by atoms with E-state index in [-0.39, 0.29) is 5.91 Å². The number of nitrogens with zero attached hydrogens (tertiary/aromatic N) is 2. The van der Waals surface area contributed by atoms with Crippen molar-refractivity contribution in [1.82, 2.24) is 9.47 Å². The Morgan fingerprint density at radius 3 is 2.70 bits per heavy atom. The van der Waals surface area contributed by atoms with Crippen LogP contribution >= 0.6 is 15.9 Å². The van der Waals surface area contributed by atoms with Crippen LogP contribution in [0.25, 0.3) is 0 Å². The number of halogens is 1. The number of amides is 1.